The van der Waals surface area contributed by atoms with Crippen LogP contribution in [-0.4, -0.2) is 5.91 Å². The van der Waals surface area contributed by atoms with Gasteiger partial charge in [-0.15, -0.1) is 12.4 Å². The molecule has 0 aliphatic carbocycles. The molecular weight excluding hydrogens is 474 g/mol. The Labute approximate surface area is 235 Å². The fourth-order valence-electron chi connectivity index (χ4n) is 5.11. The first-order valence-electron chi connectivity index (χ1n) is 14.9. The number of benzene rings is 2. The van der Waals surface area contributed by atoms with Gasteiger partial charge in [-0.3, -0.25) is 9.69 Å². The molecule has 0 radical (unpaired) electrons. The molecule has 0 saturated heterocycles. The van der Waals surface area contributed by atoms with Gasteiger partial charge in [0.1, 0.15) is 0 Å². The van der Waals surface area contributed by atoms with Crippen molar-refractivity contribution in [2.45, 2.75) is 137 Å². The molecular formula is C34H54ClNO. The van der Waals surface area contributed by atoms with Crippen LogP contribution in [0, 0.1) is 27.7 Å². The number of hydrogen-bond donors (Lipinski definition) is 0. The minimum absolute atomic E-state index is 0. The highest BCUT2D eigenvalue weighted by Gasteiger charge is 2.22. The third kappa shape index (κ3) is 11.6. The van der Waals surface area contributed by atoms with E-state index in [0.717, 1.165) is 24.2 Å². The summed E-state index contributed by atoms with van der Waals surface area (Å²) in [6, 6.07) is 12.6. The number of carbonyl (C=O) groups is 1. The molecule has 0 heterocycles. The maximum atomic E-state index is 13.5. The Morgan fingerprint density at radius 1 is 0.568 bits per heavy atom. The van der Waals surface area contributed by atoms with E-state index < -0.39 is 0 Å². The number of aryl methyl sites for hydroxylation is 2. The van der Waals surface area contributed by atoms with Crippen LogP contribution in [0.5, 0.6) is 0 Å². The molecule has 0 bridgehead atoms. The van der Waals surface area contributed by atoms with Gasteiger partial charge in [0, 0.05) is 6.42 Å². The van der Waals surface area contributed by atoms with E-state index in [1.807, 2.05) is 4.90 Å². The maximum absolute atomic E-state index is 13.5. The first kappa shape index (κ1) is 33.2. The van der Waals surface area contributed by atoms with Crippen LogP contribution >= 0.6 is 12.4 Å². The highest BCUT2D eigenvalue weighted by Crippen LogP contribution is 2.34. The Bertz CT molecular complexity index is 855. The standard InChI is InChI=1S/C34H53NO.ClH/c1-6-7-8-9-10-11-12-13-14-15-16-17-18-19-20-27-34(36)35(32-25-21-23-28(2)30(32)4)33-26-22-24-29(3)31(33)5;/h21-26H,6-20,27H2,1-5H3;1H. The van der Waals surface area contributed by atoms with Crippen LogP contribution in [0.25, 0.3) is 0 Å². The molecule has 3 heteroatoms. The number of anilines is 2. The second-order valence-corrected chi connectivity index (χ2v) is 10.9. The molecule has 0 aromatic heterocycles. The van der Waals surface area contributed by atoms with Crippen molar-refractivity contribution in [2.24, 2.45) is 0 Å². The largest absolute Gasteiger partial charge is 0.281 e. The van der Waals surface area contributed by atoms with Gasteiger partial charge in [-0.05, 0) is 68.5 Å². The molecule has 0 N–H and O–H groups in total. The molecule has 0 atom stereocenters. The lowest BCUT2D eigenvalue weighted by Crippen LogP contribution is -2.27. The summed E-state index contributed by atoms with van der Waals surface area (Å²) in [6.45, 7) is 10.8. The van der Waals surface area contributed by atoms with E-state index in [2.05, 4.69) is 71.0 Å². The number of halogens is 1. The van der Waals surface area contributed by atoms with Gasteiger partial charge in [-0.25, -0.2) is 0 Å². The highest BCUT2D eigenvalue weighted by atomic mass is 35.5. The van der Waals surface area contributed by atoms with Gasteiger partial charge < -0.3 is 0 Å². The molecule has 2 rings (SSSR count). The van der Waals surface area contributed by atoms with Gasteiger partial charge >= 0.3 is 0 Å². The second-order valence-electron chi connectivity index (χ2n) is 10.9. The van der Waals surface area contributed by atoms with Gasteiger partial charge in [0.15, 0.2) is 0 Å². The van der Waals surface area contributed by atoms with E-state index >= 15 is 0 Å². The number of rotatable bonds is 18. The fraction of sp³-hybridized carbons (Fsp3) is 0.618. The first-order valence-corrected chi connectivity index (χ1v) is 14.9. The summed E-state index contributed by atoms with van der Waals surface area (Å²) in [4.78, 5) is 15.5. The van der Waals surface area contributed by atoms with Crippen LogP contribution in [-0.2, 0) is 4.79 Å². The van der Waals surface area contributed by atoms with Crippen molar-refractivity contribution in [1.29, 1.82) is 0 Å². The van der Waals surface area contributed by atoms with Gasteiger partial charge in [-0.1, -0.05) is 121 Å². The molecule has 0 unspecified atom stereocenters. The number of nitrogens with zero attached hydrogens (tertiary/aromatic N) is 1. The molecule has 1 amide bonds. The van der Waals surface area contributed by atoms with Crippen LogP contribution in [0.2, 0.25) is 0 Å². The number of hydrogen-bond acceptors (Lipinski definition) is 1. The summed E-state index contributed by atoms with van der Waals surface area (Å²) in [6.07, 6.45) is 20.7. The number of unbranched alkanes of at least 4 members (excludes halogenated alkanes) is 14. The Kier molecular flexibility index (Phi) is 17.3. The fourth-order valence-corrected chi connectivity index (χ4v) is 5.11. The van der Waals surface area contributed by atoms with Crippen molar-refractivity contribution < 1.29 is 4.79 Å². The lowest BCUT2D eigenvalue weighted by molar-refractivity contribution is -0.118. The molecule has 2 aromatic rings. The van der Waals surface area contributed by atoms with Gasteiger partial charge in [0.2, 0.25) is 5.91 Å². The average molecular weight is 528 g/mol. The number of carbonyl (C=O) groups excluding carboxylic acids is 1. The SMILES string of the molecule is CCCCCCCCCCCCCCCCCC(=O)N(c1cccc(C)c1C)c1cccc(C)c1C.Cl. The van der Waals surface area contributed by atoms with E-state index in [-0.39, 0.29) is 18.3 Å². The Morgan fingerprint density at radius 3 is 1.30 bits per heavy atom. The minimum Gasteiger partial charge on any atom is -0.281 e. The topological polar surface area (TPSA) is 20.3 Å². The zero-order chi connectivity index (χ0) is 26.2. The number of amides is 1. The third-order valence-electron chi connectivity index (χ3n) is 7.88. The minimum atomic E-state index is 0. The normalized spacial score (nSPS) is 10.8. The van der Waals surface area contributed by atoms with Crippen LogP contribution in [0.15, 0.2) is 36.4 Å². The Balaban J connectivity index is 0.00000684. The molecule has 0 aliphatic rings. The molecule has 0 aliphatic heterocycles. The van der Waals surface area contributed by atoms with Gasteiger partial charge in [0.05, 0.1) is 11.4 Å². The summed E-state index contributed by atoms with van der Waals surface area (Å²) in [5.74, 6) is 0.215. The highest BCUT2D eigenvalue weighted by molar-refractivity contribution is 6.02. The molecule has 37 heavy (non-hydrogen) atoms. The van der Waals surface area contributed by atoms with E-state index in [1.165, 1.54) is 106 Å². The maximum Gasteiger partial charge on any atom is 0.231 e. The van der Waals surface area contributed by atoms with Crippen molar-refractivity contribution >= 4 is 29.7 Å². The van der Waals surface area contributed by atoms with E-state index in [4.69, 9.17) is 0 Å². The summed E-state index contributed by atoms with van der Waals surface area (Å²) in [5, 5.41) is 0. The van der Waals surface area contributed by atoms with Crippen molar-refractivity contribution in [3.05, 3.63) is 58.7 Å². The third-order valence-corrected chi connectivity index (χ3v) is 7.88. The van der Waals surface area contributed by atoms with Crippen LogP contribution in [0.3, 0.4) is 0 Å². The first-order chi connectivity index (χ1) is 17.5. The van der Waals surface area contributed by atoms with E-state index in [1.54, 1.807) is 0 Å². The van der Waals surface area contributed by atoms with E-state index in [9.17, 15) is 4.79 Å². The Morgan fingerprint density at radius 2 is 0.919 bits per heavy atom. The smallest absolute Gasteiger partial charge is 0.231 e. The molecule has 208 valence electrons. The molecule has 2 aromatic carbocycles. The van der Waals surface area contributed by atoms with Crippen molar-refractivity contribution in [2.75, 3.05) is 4.90 Å². The second kappa shape index (κ2) is 19.3. The van der Waals surface area contributed by atoms with Gasteiger partial charge in [0.25, 0.3) is 0 Å². The van der Waals surface area contributed by atoms with Crippen molar-refractivity contribution in [3.8, 4) is 0 Å². The lowest BCUT2D eigenvalue weighted by atomic mass is 10.0. The lowest BCUT2D eigenvalue weighted by Gasteiger charge is -2.27. The van der Waals surface area contributed by atoms with Crippen LogP contribution in [0.4, 0.5) is 11.4 Å². The molecule has 0 spiro atoms. The van der Waals surface area contributed by atoms with E-state index in [0.29, 0.717) is 6.42 Å². The Hall–Kier alpha value is -1.80. The van der Waals surface area contributed by atoms with Gasteiger partial charge in [-0.2, -0.15) is 0 Å². The summed E-state index contributed by atoms with van der Waals surface area (Å²) < 4.78 is 0. The molecule has 2 nitrogen and oxygen atoms in total. The van der Waals surface area contributed by atoms with Crippen molar-refractivity contribution in [1.82, 2.24) is 0 Å². The zero-order valence-corrected chi connectivity index (χ0v) is 25.4. The molecule has 0 fully saturated rings. The average Bonchev–Trinajstić information content (AvgIpc) is 2.87. The summed E-state index contributed by atoms with van der Waals surface area (Å²) in [5.41, 5.74) is 6.86. The quantitative estimate of drug-likeness (QED) is 0.176. The summed E-state index contributed by atoms with van der Waals surface area (Å²) >= 11 is 0. The van der Waals surface area contributed by atoms with Crippen molar-refractivity contribution in [3.63, 3.8) is 0 Å². The molecule has 0 saturated carbocycles. The van der Waals surface area contributed by atoms with Crippen LogP contribution in [0.1, 0.15) is 132 Å². The zero-order valence-electron chi connectivity index (χ0n) is 24.5. The van der Waals surface area contributed by atoms with Crippen LogP contribution < -0.4 is 4.90 Å². The predicted molar refractivity (Wildman–Crippen MR) is 166 cm³/mol. The predicted octanol–water partition coefficient (Wildman–Crippen LogP) is 11.3. The summed E-state index contributed by atoms with van der Waals surface area (Å²) in [7, 11) is 0. The monoisotopic (exact) mass is 527 g/mol.